The van der Waals surface area contributed by atoms with Crippen LogP contribution in [0.5, 0.6) is 0 Å². The molecule has 2 aromatic heterocycles. The van der Waals surface area contributed by atoms with Crippen LogP contribution in [0.1, 0.15) is 10.5 Å². The molecule has 2 rings (SSSR count). The van der Waals surface area contributed by atoms with Crippen molar-refractivity contribution in [2.75, 3.05) is 5.32 Å². The lowest BCUT2D eigenvalue weighted by molar-refractivity contribution is 0.102. The Morgan fingerprint density at radius 1 is 1.40 bits per heavy atom. The molecule has 7 heteroatoms. The molecule has 2 heterocycles. The number of hydrogen-bond donors (Lipinski definition) is 2. The standard InChI is InChI=1S/C8H6ClN5O/c9-5-1-2-6(10-3-5)7(15)13-8-11-4-12-14-8/h1-4H,(H2,11,12,13,14,15). The fraction of sp³-hybridized carbons (Fsp3) is 0. The van der Waals surface area contributed by atoms with Crippen molar-refractivity contribution in [3.8, 4) is 0 Å². The second-order valence-electron chi connectivity index (χ2n) is 2.65. The van der Waals surface area contributed by atoms with E-state index in [1.54, 1.807) is 6.07 Å². The Morgan fingerprint density at radius 2 is 2.27 bits per heavy atom. The topological polar surface area (TPSA) is 83.6 Å². The van der Waals surface area contributed by atoms with Gasteiger partial charge in [0.15, 0.2) is 0 Å². The monoisotopic (exact) mass is 223 g/mol. The summed E-state index contributed by atoms with van der Waals surface area (Å²) in [5, 5.41) is 9.05. The van der Waals surface area contributed by atoms with Gasteiger partial charge in [0.1, 0.15) is 12.0 Å². The minimum atomic E-state index is -0.372. The van der Waals surface area contributed by atoms with E-state index >= 15 is 0 Å². The molecule has 15 heavy (non-hydrogen) atoms. The number of rotatable bonds is 2. The van der Waals surface area contributed by atoms with Crippen LogP contribution in [0.25, 0.3) is 0 Å². The van der Waals surface area contributed by atoms with Gasteiger partial charge >= 0.3 is 0 Å². The Kier molecular flexibility index (Phi) is 2.59. The van der Waals surface area contributed by atoms with Crippen molar-refractivity contribution in [3.05, 3.63) is 35.4 Å². The molecular weight excluding hydrogens is 218 g/mol. The number of pyridine rings is 1. The zero-order valence-corrected chi connectivity index (χ0v) is 8.19. The van der Waals surface area contributed by atoms with E-state index in [9.17, 15) is 4.79 Å². The van der Waals surface area contributed by atoms with Crippen LogP contribution in [-0.2, 0) is 0 Å². The second kappa shape index (κ2) is 4.05. The van der Waals surface area contributed by atoms with Crippen LogP contribution < -0.4 is 5.32 Å². The molecule has 0 spiro atoms. The largest absolute Gasteiger partial charge is 0.289 e. The van der Waals surface area contributed by atoms with Crippen LogP contribution in [0.15, 0.2) is 24.7 Å². The second-order valence-corrected chi connectivity index (χ2v) is 3.09. The molecule has 0 radical (unpaired) electrons. The molecule has 0 saturated carbocycles. The number of aromatic nitrogens is 4. The Labute approximate surface area is 89.7 Å². The molecule has 2 aromatic rings. The number of halogens is 1. The molecular formula is C8H6ClN5O. The van der Waals surface area contributed by atoms with Gasteiger partial charge in [0, 0.05) is 6.20 Å². The average molecular weight is 224 g/mol. The first kappa shape index (κ1) is 9.60. The van der Waals surface area contributed by atoms with E-state index in [4.69, 9.17) is 11.6 Å². The van der Waals surface area contributed by atoms with Gasteiger partial charge in [-0.2, -0.15) is 10.1 Å². The van der Waals surface area contributed by atoms with E-state index in [1.165, 1.54) is 18.6 Å². The predicted octanol–water partition coefficient (Wildman–Crippen LogP) is 1.11. The lowest BCUT2D eigenvalue weighted by Crippen LogP contribution is -2.14. The highest BCUT2D eigenvalue weighted by molar-refractivity contribution is 6.30. The van der Waals surface area contributed by atoms with E-state index in [0.717, 1.165) is 0 Å². The Morgan fingerprint density at radius 3 is 2.87 bits per heavy atom. The highest BCUT2D eigenvalue weighted by Gasteiger charge is 2.08. The number of nitrogens with zero attached hydrogens (tertiary/aromatic N) is 3. The molecule has 0 saturated heterocycles. The predicted molar refractivity (Wildman–Crippen MR) is 53.6 cm³/mol. The summed E-state index contributed by atoms with van der Waals surface area (Å²) in [6.07, 6.45) is 2.70. The normalized spacial score (nSPS) is 9.93. The van der Waals surface area contributed by atoms with Crippen molar-refractivity contribution in [2.24, 2.45) is 0 Å². The van der Waals surface area contributed by atoms with Crippen molar-refractivity contribution in [1.29, 1.82) is 0 Å². The van der Waals surface area contributed by atoms with Gasteiger partial charge in [0.2, 0.25) is 5.95 Å². The third-order valence-corrected chi connectivity index (χ3v) is 1.83. The number of hydrogen-bond acceptors (Lipinski definition) is 4. The van der Waals surface area contributed by atoms with Crippen molar-refractivity contribution < 1.29 is 4.79 Å². The summed E-state index contributed by atoms with van der Waals surface area (Å²) in [4.78, 5) is 19.1. The number of anilines is 1. The number of H-pyrrole nitrogens is 1. The molecule has 0 aliphatic rings. The molecule has 0 aliphatic carbocycles. The highest BCUT2D eigenvalue weighted by atomic mass is 35.5. The molecule has 0 fully saturated rings. The summed E-state index contributed by atoms with van der Waals surface area (Å²) in [6, 6.07) is 3.11. The fourth-order valence-electron chi connectivity index (χ4n) is 0.947. The number of aromatic amines is 1. The molecule has 1 amide bonds. The van der Waals surface area contributed by atoms with E-state index < -0.39 is 0 Å². The fourth-order valence-corrected chi connectivity index (χ4v) is 1.06. The number of amides is 1. The summed E-state index contributed by atoms with van der Waals surface area (Å²) in [7, 11) is 0. The van der Waals surface area contributed by atoms with E-state index in [-0.39, 0.29) is 17.5 Å². The summed E-state index contributed by atoms with van der Waals surface area (Å²) in [6.45, 7) is 0. The molecule has 0 unspecified atom stereocenters. The van der Waals surface area contributed by atoms with Gasteiger partial charge in [-0.15, -0.1) is 0 Å². The summed E-state index contributed by atoms with van der Waals surface area (Å²) in [5.41, 5.74) is 0.260. The average Bonchev–Trinajstić information content (AvgIpc) is 2.71. The maximum Gasteiger partial charge on any atom is 0.276 e. The van der Waals surface area contributed by atoms with E-state index in [2.05, 4.69) is 25.5 Å². The molecule has 2 N–H and O–H groups in total. The minimum absolute atomic E-state index is 0.260. The lowest BCUT2D eigenvalue weighted by Gasteiger charge is -1.99. The van der Waals surface area contributed by atoms with Crippen LogP contribution in [0.2, 0.25) is 5.02 Å². The number of carbonyl (C=O) groups excluding carboxylic acids is 1. The van der Waals surface area contributed by atoms with Gasteiger partial charge in [-0.3, -0.25) is 10.1 Å². The van der Waals surface area contributed by atoms with Gasteiger partial charge < -0.3 is 0 Å². The van der Waals surface area contributed by atoms with Gasteiger partial charge in [0.05, 0.1) is 5.02 Å². The highest BCUT2D eigenvalue weighted by Crippen LogP contribution is 2.07. The van der Waals surface area contributed by atoms with Gasteiger partial charge in [-0.1, -0.05) is 11.6 Å². The first-order valence-electron chi connectivity index (χ1n) is 4.04. The molecule has 0 aliphatic heterocycles. The SMILES string of the molecule is O=C(Nc1ncn[nH]1)c1ccc(Cl)cn1. The van der Waals surface area contributed by atoms with Crippen molar-refractivity contribution in [1.82, 2.24) is 20.2 Å². The zero-order valence-electron chi connectivity index (χ0n) is 7.44. The Balaban J connectivity index is 2.11. The van der Waals surface area contributed by atoms with Crippen LogP contribution in [0.4, 0.5) is 5.95 Å². The molecule has 6 nitrogen and oxygen atoms in total. The maximum atomic E-state index is 11.5. The lowest BCUT2D eigenvalue weighted by atomic mass is 10.3. The first-order chi connectivity index (χ1) is 7.25. The van der Waals surface area contributed by atoms with Crippen molar-refractivity contribution >= 4 is 23.5 Å². The first-order valence-corrected chi connectivity index (χ1v) is 4.42. The summed E-state index contributed by atoms with van der Waals surface area (Å²) >= 11 is 5.64. The van der Waals surface area contributed by atoms with Gasteiger partial charge in [-0.25, -0.2) is 10.1 Å². The minimum Gasteiger partial charge on any atom is -0.289 e. The third kappa shape index (κ3) is 2.29. The van der Waals surface area contributed by atoms with Crippen molar-refractivity contribution in [2.45, 2.75) is 0 Å². The van der Waals surface area contributed by atoms with Crippen molar-refractivity contribution in [3.63, 3.8) is 0 Å². The van der Waals surface area contributed by atoms with Crippen LogP contribution in [0.3, 0.4) is 0 Å². The quantitative estimate of drug-likeness (QED) is 0.799. The molecule has 0 atom stereocenters. The number of carbonyl (C=O) groups is 1. The summed E-state index contributed by atoms with van der Waals surface area (Å²) in [5.74, 6) is -0.0971. The Bertz CT molecular complexity index is 452. The molecule has 0 bridgehead atoms. The Hall–Kier alpha value is -1.95. The van der Waals surface area contributed by atoms with Crippen LogP contribution in [-0.4, -0.2) is 26.1 Å². The van der Waals surface area contributed by atoms with E-state index in [1.807, 2.05) is 0 Å². The van der Waals surface area contributed by atoms with Gasteiger partial charge in [0.25, 0.3) is 5.91 Å². The van der Waals surface area contributed by atoms with Gasteiger partial charge in [-0.05, 0) is 12.1 Å². The van der Waals surface area contributed by atoms with E-state index in [0.29, 0.717) is 5.02 Å². The number of nitrogens with one attached hydrogen (secondary N) is 2. The molecule has 0 aromatic carbocycles. The smallest absolute Gasteiger partial charge is 0.276 e. The zero-order chi connectivity index (χ0) is 10.7. The maximum absolute atomic E-state index is 11.5. The summed E-state index contributed by atoms with van der Waals surface area (Å²) < 4.78 is 0. The molecule has 76 valence electrons. The van der Waals surface area contributed by atoms with Crippen LogP contribution in [0, 0.1) is 0 Å². The third-order valence-electron chi connectivity index (χ3n) is 1.61. The van der Waals surface area contributed by atoms with Crippen LogP contribution >= 0.6 is 11.6 Å².